The molecule has 0 N–H and O–H groups in total. The average molecular weight is 821 g/mol. The second-order valence-electron chi connectivity index (χ2n) is 16.4. The van der Waals surface area contributed by atoms with Gasteiger partial charge in [0.1, 0.15) is 5.69 Å². The van der Waals surface area contributed by atoms with E-state index in [1.54, 1.807) is 0 Å². The van der Waals surface area contributed by atoms with Gasteiger partial charge in [-0.15, -0.1) is 0 Å². The smallest absolute Gasteiger partial charge is 0.183 e. The summed E-state index contributed by atoms with van der Waals surface area (Å²) >= 11 is 0. The van der Waals surface area contributed by atoms with Crippen molar-refractivity contribution in [3.8, 4) is 0 Å². The van der Waals surface area contributed by atoms with E-state index in [-0.39, 0.29) is 4.48 Å². The van der Waals surface area contributed by atoms with Crippen LogP contribution in [0.2, 0.25) is 0 Å². The van der Waals surface area contributed by atoms with Gasteiger partial charge in [-0.1, -0.05) is 291 Å². The molecule has 10 aromatic rings. The van der Waals surface area contributed by atoms with Crippen molar-refractivity contribution >= 4 is 5.69 Å². The number of nitrogens with zero attached hydrogens (tertiary/aromatic N) is 1. The molecule has 0 amide bonds. The molecule has 1 nitrogen and oxygen atoms in total. The lowest BCUT2D eigenvalue weighted by molar-refractivity contribution is -0.00307. The molecular formula is C63H50N+. The summed E-state index contributed by atoms with van der Waals surface area (Å²) in [4.78, 5) is 0. The number of quaternary nitrogens is 1. The van der Waals surface area contributed by atoms with Crippen LogP contribution in [-0.2, 0) is 16.6 Å². The van der Waals surface area contributed by atoms with Crippen LogP contribution in [0.25, 0.3) is 0 Å². The molecular weight excluding hydrogens is 771 g/mol. The van der Waals surface area contributed by atoms with Crippen LogP contribution >= 0.6 is 0 Å². The summed E-state index contributed by atoms with van der Waals surface area (Å²) in [5, 5.41) is 0. The maximum absolute atomic E-state index is 2.40. The second kappa shape index (κ2) is 17.5. The Morgan fingerprint density at radius 2 is 0.281 bits per heavy atom. The van der Waals surface area contributed by atoms with Gasteiger partial charge < -0.3 is 0 Å². The highest BCUT2D eigenvalue weighted by molar-refractivity contribution is 5.74. The second-order valence-corrected chi connectivity index (χ2v) is 16.4. The van der Waals surface area contributed by atoms with E-state index < -0.39 is 16.6 Å². The lowest BCUT2D eigenvalue weighted by Crippen LogP contribution is -2.82. The number of rotatable bonds is 13. The molecule has 10 rings (SSSR count). The minimum atomic E-state index is -1.08. The van der Waals surface area contributed by atoms with E-state index in [1.165, 1.54) is 0 Å². The fourth-order valence-electron chi connectivity index (χ4n) is 11.3. The summed E-state index contributed by atoms with van der Waals surface area (Å²) < 4.78 is 0.238. The van der Waals surface area contributed by atoms with Crippen LogP contribution in [-0.4, -0.2) is 0 Å². The lowest BCUT2D eigenvalue weighted by Gasteiger charge is -2.70. The standard InChI is InChI=1S/C63H50N/c1-11-31-51(32-12-1)61(52-33-13-2-14-34-52,53-35-15-3-16-36-53)64(60-49-29-10-30-50-60,62(54-37-17-4-18-38-54,55-39-19-5-20-40-55)56-41-21-6-22-42-56)63(57-43-23-7-24-44-57,58-45-25-8-26-46-58)59-47-27-9-28-48-59/h1-50H/q+1. The Kier molecular flexibility index (Phi) is 11.0. The van der Waals surface area contributed by atoms with Crippen LogP contribution < -0.4 is 4.48 Å². The van der Waals surface area contributed by atoms with Gasteiger partial charge in [-0.2, -0.15) is 0 Å². The highest BCUT2D eigenvalue weighted by Crippen LogP contribution is 2.69. The van der Waals surface area contributed by atoms with Gasteiger partial charge in [-0.3, -0.25) is 0 Å². The first kappa shape index (κ1) is 40.2. The molecule has 0 unspecified atom stereocenters. The van der Waals surface area contributed by atoms with Gasteiger partial charge in [-0.05, 0) is 12.1 Å². The van der Waals surface area contributed by atoms with Gasteiger partial charge in [0.25, 0.3) is 0 Å². The van der Waals surface area contributed by atoms with Crippen molar-refractivity contribution in [3.63, 3.8) is 0 Å². The first-order valence-corrected chi connectivity index (χ1v) is 22.3. The predicted molar refractivity (Wildman–Crippen MR) is 266 cm³/mol. The maximum Gasteiger partial charge on any atom is 0.183 e. The number of para-hydroxylation sites is 1. The van der Waals surface area contributed by atoms with E-state index in [4.69, 9.17) is 0 Å². The van der Waals surface area contributed by atoms with Crippen molar-refractivity contribution < 1.29 is 0 Å². The number of hydrogen-bond acceptors (Lipinski definition) is 0. The topological polar surface area (TPSA) is 0 Å². The van der Waals surface area contributed by atoms with Crippen LogP contribution in [0.15, 0.2) is 303 Å². The van der Waals surface area contributed by atoms with Gasteiger partial charge in [0.15, 0.2) is 16.6 Å². The van der Waals surface area contributed by atoms with Gasteiger partial charge in [-0.25, -0.2) is 4.48 Å². The van der Waals surface area contributed by atoms with Crippen molar-refractivity contribution in [2.24, 2.45) is 0 Å². The quantitative estimate of drug-likeness (QED) is 0.0803. The zero-order valence-corrected chi connectivity index (χ0v) is 35.8. The molecule has 10 aromatic carbocycles. The van der Waals surface area contributed by atoms with Crippen LogP contribution in [0.1, 0.15) is 50.1 Å². The van der Waals surface area contributed by atoms with E-state index in [9.17, 15) is 0 Å². The molecule has 0 saturated carbocycles. The molecule has 0 heterocycles. The lowest BCUT2D eigenvalue weighted by atomic mass is 9.57. The number of hydrogen-bond donors (Lipinski definition) is 0. The molecule has 0 atom stereocenters. The molecule has 0 aliphatic heterocycles. The molecule has 0 aromatic heterocycles. The summed E-state index contributed by atoms with van der Waals surface area (Å²) in [6.07, 6.45) is 0. The highest BCUT2D eigenvalue weighted by Gasteiger charge is 2.77. The third-order valence-corrected chi connectivity index (χ3v) is 13.4. The van der Waals surface area contributed by atoms with Gasteiger partial charge in [0.2, 0.25) is 0 Å². The van der Waals surface area contributed by atoms with E-state index in [2.05, 4.69) is 303 Å². The van der Waals surface area contributed by atoms with Crippen LogP contribution in [0.4, 0.5) is 5.69 Å². The van der Waals surface area contributed by atoms with Gasteiger partial charge in [0, 0.05) is 50.1 Å². The largest absolute Gasteiger partial charge is 0.242 e. The Morgan fingerprint density at radius 1 is 0.156 bits per heavy atom. The van der Waals surface area contributed by atoms with E-state index >= 15 is 0 Å². The highest BCUT2D eigenvalue weighted by atomic mass is 15.5. The summed E-state index contributed by atoms with van der Waals surface area (Å²) in [5.41, 5.74) is 8.23. The Labute approximate surface area is 378 Å². The normalized spacial score (nSPS) is 12.1. The van der Waals surface area contributed by atoms with Gasteiger partial charge in [0.05, 0.1) is 0 Å². The Morgan fingerprint density at radius 3 is 0.422 bits per heavy atom. The average Bonchev–Trinajstić information content (AvgIpc) is 3.40. The van der Waals surface area contributed by atoms with Crippen molar-refractivity contribution in [1.82, 2.24) is 4.48 Å². The number of benzene rings is 10. The monoisotopic (exact) mass is 820 g/mol. The zero-order chi connectivity index (χ0) is 43.1. The maximum atomic E-state index is 2.40. The van der Waals surface area contributed by atoms with Crippen LogP contribution in [0.3, 0.4) is 0 Å². The fraction of sp³-hybridized carbons (Fsp3) is 0.0476. The summed E-state index contributed by atoms with van der Waals surface area (Å²) in [6.45, 7) is 0. The zero-order valence-electron chi connectivity index (χ0n) is 35.8. The van der Waals surface area contributed by atoms with Gasteiger partial charge >= 0.3 is 0 Å². The minimum absolute atomic E-state index is 0.238. The molecule has 0 saturated heterocycles. The first-order chi connectivity index (χ1) is 31.8. The Balaban J connectivity index is 1.70. The SMILES string of the molecule is c1ccc(C(c2ccccc2)(c2ccccc2)[N+](c2ccccc2)(C(c2ccccc2)(c2ccccc2)c2ccccc2)C(c2ccccc2)(c2ccccc2)c2ccccc2)cc1. The molecule has 0 bridgehead atoms. The summed E-state index contributed by atoms with van der Waals surface area (Å²) in [7, 11) is 0. The summed E-state index contributed by atoms with van der Waals surface area (Å²) in [6, 6.07) is 113. The Hall–Kier alpha value is -7.84. The Bertz CT molecular complexity index is 2390. The van der Waals surface area contributed by atoms with Crippen LogP contribution in [0.5, 0.6) is 0 Å². The van der Waals surface area contributed by atoms with Crippen molar-refractivity contribution in [3.05, 3.63) is 353 Å². The molecule has 306 valence electrons. The van der Waals surface area contributed by atoms with E-state index in [1.807, 2.05) is 0 Å². The van der Waals surface area contributed by atoms with Crippen LogP contribution in [0, 0.1) is 0 Å². The predicted octanol–water partition coefficient (Wildman–Crippen LogP) is 15.0. The molecule has 0 spiro atoms. The third kappa shape index (κ3) is 6.04. The first-order valence-electron chi connectivity index (χ1n) is 22.3. The molecule has 0 radical (unpaired) electrons. The molecule has 64 heavy (non-hydrogen) atoms. The molecule has 1 heteroatoms. The molecule has 0 aliphatic rings. The van der Waals surface area contributed by atoms with E-state index in [0.29, 0.717) is 0 Å². The van der Waals surface area contributed by atoms with Crippen molar-refractivity contribution in [2.75, 3.05) is 0 Å². The third-order valence-electron chi connectivity index (χ3n) is 13.4. The van der Waals surface area contributed by atoms with Crippen molar-refractivity contribution in [2.45, 2.75) is 16.6 Å². The molecule has 0 aliphatic carbocycles. The fourth-order valence-corrected chi connectivity index (χ4v) is 11.3. The van der Waals surface area contributed by atoms with E-state index in [0.717, 1.165) is 55.8 Å². The minimum Gasteiger partial charge on any atom is -0.242 e. The molecule has 0 fully saturated rings. The summed E-state index contributed by atoms with van der Waals surface area (Å²) in [5.74, 6) is 0. The van der Waals surface area contributed by atoms with Crippen molar-refractivity contribution in [1.29, 1.82) is 0 Å².